The molecule has 0 fully saturated rings. The van der Waals surface area contributed by atoms with E-state index in [4.69, 9.17) is 10.2 Å². The Kier molecular flexibility index (Phi) is 2.97. The zero-order chi connectivity index (χ0) is 13.3. The van der Waals surface area contributed by atoms with E-state index in [0.717, 1.165) is 6.07 Å². The first kappa shape index (κ1) is 12.0. The minimum Gasteiger partial charge on any atom is -0.508 e. The number of hydrogen-bond donors (Lipinski definition) is 2. The molecular weight excluding hydrogens is 242 g/mol. The van der Waals surface area contributed by atoms with Gasteiger partial charge in [-0.3, -0.25) is 0 Å². The third-order valence-electron chi connectivity index (χ3n) is 2.47. The number of aromatic carboxylic acids is 1. The van der Waals surface area contributed by atoms with Gasteiger partial charge in [0.1, 0.15) is 17.4 Å². The second-order valence-electron chi connectivity index (χ2n) is 3.66. The first-order valence-corrected chi connectivity index (χ1v) is 5.01. The summed E-state index contributed by atoms with van der Waals surface area (Å²) in [6.07, 6.45) is 0. The summed E-state index contributed by atoms with van der Waals surface area (Å²) in [5, 5.41) is 17.7. The Hall–Kier alpha value is -2.43. The maximum absolute atomic E-state index is 13.7. The number of phenolic OH excluding ortho intramolecular Hbond substituents is 1. The first-order valence-electron chi connectivity index (χ1n) is 5.01. The molecule has 0 aliphatic heterocycles. The average molecular weight is 250 g/mol. The molecule has 0 heterocycles. The van der Waals surface area contributed by atoms with Crippen LogP contribution in [0.15, 0.2) is 36.4 Å². The summed E-state index contributed by atoms with van der Waals surface area (Å²) in [4.78, 5) is 10.6. The molecule has 92 valence electrons. The standard InChI is InChI=1S/C13H8F2O3/c14-11-6-10(13(17)18)12(15)5-9(11)7-1-3-8(16)4-2-7/h1-6,16H,(H,17,18). The molecule has 0 aliphatic rings. The molecule has 2 aromatic carbocycles. The number of benzene rings is 2. The largest absolute Gasteiger partial charge is 0.508 e. The van der Waals surface area contributed by atoms with Crippen molar-refractivity contribution in [1.82, 2.24) is 0 Å². The minimum atomic E-state index is -1.52. The lowest BCUT2D eigenvalue weighted by Gasteiger charge is -2.06. The summed E-state index contributed by atoms with van der Waals surface area (Å²) in [5.41, 5.74) is -0.423. The van der Waals surface area contributed by atoms with Crippen LogP contribution in [0.25, 0.3) is 11.1 Å². The van der Waals surface area contributed by atoms with Crippen molar-refractivity contribution in [2.45, 2.75) is 0 Å². The molecule has 0 spiro atoms. The number of phenols is 1. The number of halogens is 2. The van der Waals surface area contributed by atoms with Gasteiger partial charge in [-0.05, 0) is 29.8 Å². The highest BCUT2D eigenvalue weighted by atomic mass is 19.1. The van der Waals surface area contributed by atoms with E-state index in [1.54, 1.807) is 0 Å². The first-order chi connectivity index (χ1) is 8.49. The summed E-state index contributed by atoms with van der Waals surface area (Å²) < 4.78 is 27.1. The number of rotatable bonds is 2. The van der Waals surface area contributed by atoms with E-state index >= 15 is 0 Å². The van der Waals surface area contributed by atoms with Gasteiger partial charge in [0.05, 0.1) is 5.56 Å². The van der Waals surface area contributed by atoms with E-state index < -0.39 is 23.2 Å². The summed E-state index contributed by atoms with van der Waals surface area (Å²) in [7, 11) is 0. The van der Waals surface area contributed by atoms with Crippen LogP contribution in [0, 0.1) is 11.6 Å². The van der Waals surface area contributed by atoms with Gasteiger partial charge in [0.2, 0.25) is 0 Å². The van der Waals surface area contributed by atoms with Gasteiger partial charge < -0.3 is 10.2 Å². The fraction of sp³-hybridized carbons (Fsp3) is 0. The van der Waals surface area contributed by atoms with Crippen LogP contribution >= 0.6 is 0 Å². The van der Waals surface area contributed by atoms with Crippen molar-refractivity contribution in [3.05, 3.63) is 53.6 Å². The van der Waals surface area contributed by atoms with Gasteiger partial charge in [-0.1, -0.05) is 12.1 Å². The molecule has 0 saturated carbocycles. The third-order valence-corrected chi connectivity index (χ3v) is 2.47. The molecule has 0 radical (unpaired) electrons. The van der Waals surface area contributed by atoms with Crippen molar-refractivity contribution in [3.8, 4) is 16.9 Å². The fourth-order valence-electron chi connectivity index (χ4n) is 1.57. The smallest absolute Gasteiger partial charge is 0.338 e. The molecule has 2 aromatic rings. The fourth-order valence-corrected chi connectivity index (χ4v) is 1.57. The van der Waals surface area contributed by atoms with Crippen LogP contribution in [-0.2, 0) is 0 Å². The van der Waals surface area contributed by atoms with E-state index in [-0.39, 0.29) is 11.3 Å². The van der Waals surface area contributed by atoms with Crippen LogP contribution in [0.1, 0.15) is 10.4 Å². The van der Waals surface area contributed by atoms with Gasteiger partial charge in [-0.15, -0.1) is 0 Å². The van der Waals surface area contributed by atoms with Crippen molar-refractivity contribution < 1.29 is 23.8 Å². The predicted octanol–water partition coefficient (Wildman–Crippen LogP) is 3.04. The molecule has 5 heteroatoms. The van der Waals surface area contributed by atoms with Gasteiger partial charge in [0.15, 0.2) is 0 Å². The zero-order valence-corrected chi connectivity index (χ0v) is 9.02. The summed E-state index contributed by atoms with van der Waals surface area (Å²) in [5.74, 6) is -3.36. The molecule has 18 heavy (non-hydrogen) atoms. The molecule has 0 unspecified atom stereocenters. The molecule has 2 rings (SSSR count). The number of carboxylic acid groups (broad SMARTS) is 1. The van der Waals surface area contributed by atoms with Gasteiger partial charge in [-0.25, -0.2) is 13.6 Å². The van der Waals surface area contributed by atoms with Crippen LogP contribution in [0.3, 0.4) is 0 Å². The molecule has 0 aliphatic carbocycles. The molecule has 3 nitrogen and oxygen atoms in total. The Labute approximate surface area is 101 Å². The lowest BCUT2D eigenvalue weighted by molar-refractivity contribution is 0.0691. The van der Waals surface area contributed by atoms with Gasteiger partial charge in [-0.2, -0.15) is 0 Å². The van der Waals surface area contributed by atoms with Gasteiger partial charge >= 0.3 is 5.97 Å². The normalized spacial score (nSPS) is 10.3. The number of carboxylic acids is 1. The van der Waals surface area contributed by atoms with Crippen LogP contribution in [0.2, 0.25) is 0 Å². The van der Waals surface area contributed by atoms with Crippen molar-refractivity contribution in [2.24, 2.45) is 0 Å². The Bertz CT molecular complexity index is 606. The molecular formula is C13H8F2O3. The maximum Gasteiger partial charge on any atom is 0.338 e. The minimum absolute atomic E-state index is 0.00165. The highest BCUT2D eigenvalue weighted by Gasteiger charge is 2.16. The van der Waals surface area contributed by atoms with Gasteiger partial charge in [0, 0.05) is 5.56 Å². The summed E-state index contributed by atoms with van der Waals surface area (Å²) in [6.45, 7) is 0. The van der Waals surface area contributed by atoms with Crippen molar-refractivity contribution in [1.29, 1.82) is 0 Å². The topological polar surface area (TPSA) is 57.5 Å². The number of carbonyl (C=O) groups is 1. The SMILES string of the molecule is O=C(O)c1cc(F)c(-c2ccc(O)cc2)cc1F. The highest BCUT2D eigenvalue weighted by molar-refractivity contribution is 5.88. The van der Waals surface area contributed by atoms with Crippen molar-refractivity contribution in [3.63, 3.8) is 0 Å². The quantitative estimate of drug-likeness (QED) is 0.861. The predicted molar refractivity (Wildman–Crippen MR) is 60.4 cm³/mol. The Morgan fingerprint density at radius 3 is 2.17 bits per heavy atom. The number of hydrogen-bond acceptors (Lipinski definition) is 2. The van der Waals surface area contributed by atoms with E-state index in [1.807, 2.05) is 0 Å². The Morgan fingerprint density at radius 1 is 1.00 bits per heavy atom. The average Bonchev–Trinajstić information content (AvgIpc) is 2.32. The zero-order valence-electron chi connectivity index (χ0n) is 9.02. The molecule has 0 aromatic heterocycles. The van der Waals surface area contributed by atoms with Crippen LogP contribution in [0.5, 0.6) is 5.75 Å². The second-order valence-corrected chi connectivity index (χ2v) is 3.66. The molecule has 0 bridgehead atoms. The van der Waals surface area contributed by atoms with Crippen molar-refractivity contribution in [2.75, 3.05) is 0 Å². The summed E-state index contributed by atoms with van der Waals surface area (Å²) >= 11 is 0. The lowest BCUT2D eigenvalue weighted by Crippen LogP contribution is -2.02. The van der Waals surface area contributed by atoms with Crippen molar-refractivity contribution >= 4 is 5.97 Å². The van der Waals surface area contributed by atoms with E-state index in [9.17, 15) is 13.6 Å². The van der Waals surface area contributed by atoms with E-state index in [1.165, 1.54) is 24.3 Å². The molecule has 0 saturated heterocycles. The summed E-state index contributed by atoms with van der Waals surface area (Å²) in [6, 6.07) is 6.95. The Balaban J connectivity index is 2.56. The third kappa shape index (κ3) is 2.15. The number of aromatic hydroxyl groups is 1. The monoisotopic (exact) mass is 250 g/mol. The van der Waals surface area contributed by atoms with E-state index in [2.05, 4.69) is 0 Å². The van der Waals surface area contributed by atoms with E-state index in [0.29, 0.717) is 11.6 Å². The second kappa shape index (κ2) is 4.44. The Morgan fingerprint density at radius 2 is 1.61 bits per heavy atom. The lowest BCUT2D eigenvalue weighted by atomic mass is 10.0. The highest BCUT2D eigenvalue weighted by Crippen LogP contribution is 2.27. The molecule has 2 N–H and O–H groups in total. The van der Waals surface area contributed by atoms with Crippen LogP contribution in [0.4, 0.5) is 8.78 Å². The maximum atomic E-state index is 13.7. The van der Waals surface area contributed by atoms with Gasteiger partial charge in [0.25, 0.3) is 0 Å². The van der Waals surface area contributed by atoms with Crippen LogP contribution in [-0.4, -0.2) is 16.2 Å². The molecule has 0 amide bonds. The van der Waals surface area contributed by atoms with Crippen LogP contribution < -0.4 is 0 Å². The molecule has 0 atom stereocenters.